The number of hydrogen-bond acceptors (Lipinski definition) is 9. The predicted molar refractivity (Wildman–Crippen MR) is 140 cm³/mol. The lowest BCUT2D eigenvalue weighted by Crippen LogP contribution is -2.41. The molecule has 12 nitrogen and oxygen atoms in total. The van der Waals surface area contributed by atoms with Crippen LogP contribution in [0.25, 0.3) is 11.4 Å². The smallest absolute Gasteiger partial charge is 0.328 e. The molecule has 1 aromatic rings. The largest absolute Gasteiger partial charge is 0.493 e. The van der Waals surface area contributed by atoms with E-state index < -0.39 is 35.1 Å². The van der Waals surface area contributed by atoms with Crippen LogP contribution < -0.4 is 10.6 Å². The number of nitrogens with one attached hydrogen (secondary N) is 2. The van der Waals surface area contributed by atoms with E-state index in [1.807, 2.05) is 0 Å². The van der Waals surface area contributed by atoms with Gasteiger partial charge in [-0.3, -0.25) is 14.4 Å². The number of rotatable bonds is 7. The Morgan fingerprint density at radius 3 is 2.50 bits per heavy atom. The maximum atomic E-state index is 14.8. The summed E-state index contributed by atoms with van der Waals surface area (Å²) in [6.07, 6.45) is 0.978. The van der Waals surface area contributed by atoms with Gasteiger partial charge in [-0.25, -0.2) is 23.7 Å². The van der Waals surface area contributed by atoms with E-state index in [4.69, 9.17) is 0 Å². The average Bonchev–Trinajstić information content (AvgIpc) is 3.33. The molecule has 2 aliphatic heterocycles. The van der Waals surface area contributed by atoms with Crippen LogP contribution in [-0.4, -0.2) is 63.7 Å². The van der Waals surface area contributed by atoms with Gasteiger partial charge in [0.1, 0.15) is 24.0 Å². The molecule has 0 bridgehead atoms. The number of fused-ring (bicyclic) bond motifs is 1. The van der Waals surface area contributed by atoms with Gasteiger partial charge in [0.2, 0.25) is 11.8 Å². The van der Waals surface area contributed by atoms with Gasteiger partial charge >= 0.3 is 11.9 Å². The van der Waals surface area contributed by atoms with Crippen molar-refractivity contribution in [1.29, 1.82) is 0 Å². The van der Waals surface area contributed by atoms with Crippen LogP contribution in [0.5, 0.6) is 5.88 Å². The first-order valence-electron chi connectivity index (χ1n) is 12.0. The zero-order chi connectivity index (χ0) is 29.6. The van der Waals surface area contributed by atoms with Crippen molar-refractivity contribution in [3.8, 4) is 29.2 Å². The SMILES string of the molecule is COC(=O)CC[C@H](NC(=O)c1ccc(C#Cn2cnc3nc(NC(=O)C(C)(C)C)cc-3c2O)c(F)c1)C(=O)OC. The number of aromatic hydroxyl groups is 1. The number of carbonyl (C=O) groups is 4. The Morgan fingerprint density at radius 1 is 1.15 bits per heavy atom. The third-order valence-electron chi connectivity index (χ3n) is 5.63. The lowest BCUT2D eigenvalue weighted by atomic mass is 9.96. The molecule has 3 N–H and O–H groups in total. The van der Waals surface area contributed by atoms with Gasteiger partial charge in [-0.1, -0.05) is 20.8 Å². The van der Waals surface area contributed by atoms with E-state index >= 15 is 0 Å². The molecule has 40 heavy (non-hydrogen) atoms. The Hall–Kier alpha value is -4.99. The van der Waals surface area contributed by atoms with Crippen LogP contribution in [-0.2, 0) is 23.9 Å². The number of esters is 2. The summed E-state index contributed by atoms with van der Waals surface area (Å²) >= 11 is 0. The van der Waals surface area contributed by atoms with Crippen molar-refractivity contribution in [1.82, 2.24) is 19.9 Å². The minimum atomic E-state index is -1.14. The van der Waals surface area contributed by atoms with Crippen LogP contribution in [0.3, 0.4) is 0 Å². The summed E-state index contributed by atoms with van der Waals surface area (Å²) in [7, 11) is 2.33. The van der Waals surface area contributed by atoms with E-state index in [1.165, 1.54) is 31.6 Å². The monoisotopic (exact) mass is 553 g/mol. The highest BCUT2D eigenvalue weighted by Crippen LogP contribution is 2.31. The van der Waals surface area contributed by atoms with Gasteiger partial charge in [0.15, 0.2) is 5.82 Å². The second-order valence-corrected chi connectivity index (χ2v) is 9.62. The molecule has 0 aromatic heterocycles. The lowest BCUT2D eigenvalue weighted by Gasteiger charge is -2.16. The number of aromatic nitrogens is 3. The molecule has 0 saturated heterocycles. The van der Waals surface area contributed by atoms with Crippen molar-refractivity contribution in [2.75, 3.05) is 19.5 Å². The van der Waals surface area contributed by atoms with E-state index in [0.29, 0.717) is 0 Å². The molecule has 1 aromatic carbocycles. The third kappa shape index (κ3) is 7.10. The molecule has 2 aliphatic rings. The van der Waals surface area contributed by atoms with Crippen LogP contribution in [0.2, 0.25) is 0 Å². The van der Waals surface area contributed by atoms with E-state index in [0.717, 1.165) is 17.7 Å². The molecule has 0 spiro atoms. The topological polar surface area (TPSA) is 162 Å². The Bertz CT molecular complexity index is 1480. The summed E-state index contributed by atoms with van der Waals surface area (Å²) in [6.45, 7) is 5.24. The van der Waals surface area contributed by atoms with Gasteiger partial charge in [0.25, 0.3) is 5.91 Å². The maximum Gasteiger partial charge on any atom is 0.328 e. The van der Waals surface area contributed by atoms with Crippen LogP contribution >= 0.6 is 0 Å². The fourth-order valence-electron chi connectivity index (χ4n) is 3.29. The van der Waals surface area contributed by atoms with Crippen molar-refractivity contribution in [3.63, 3.8) is 0 Å². The van der Waals surface area contributed by atoms with Crippen molar-refractivity contribution < 1.29 is 38.1 Å². The molecule has 0 saturated carbocycles. The molecule has 0 radical (unpaired) electrons. The van der Waals surface area contributed by atoms with Crippen molar-refractivity contribution in [3.05, 3.63) is 47.5 Å². The summed E-state index contributed by atoms with van der Waals surface area (Å²) in [5, 5.41) is 15.7. The number of methoxy groups -OCH3 is 2. The number of nitrogens with zero attached hydrogens (tertiary/aromatic N) is 3. The highest BCUT2D eigenvalue weighted by molar-refractivity contribution is 5.97. The highest BCUT2D eigenvalue weighted by Gasteiger charge is 2.25. The van der Waals surface area contributed by atoms with Crippen LogP contribution in [0.15, 0.2) is 30.6 Å². The van der Waals surface area contributed by atoms with Gasteiger partial charge < -0.3 is 25.2 Å². The first kappa shape index (κ1) is 29.6. The van der Waals surface area contributed by atoms with E-state index in [9.17, 15) is 28.7 Å². The predicted octanol–water partition coefficient (Wildman–Crippen LogP) is 2.29. The molecule has 0 aliphatic carbocycles. The van der Waals surface area contributed by atoms with Crippen LogP contribution in [0.1, 0.15) is 49.5 Å². The zero-order valence-electron chi connectivity index (χ0n) is 22.5. The number of carbonyl (C=O) groups excluding carboxylic acids is 4. The quantitative estimate of drug-likeness (QED) is 0.294. The Balaban J connectivity index is 1.78. The standard InChI is InChI=1S/C27H28FN5O7/c1-27(2,3)26(38)32-20-13-17-22(31-20)29-14-33(24(17)36)11-10-15-6-7-16(12-18(15)28)23(35)30-19(25(37)40-5)8-9-21(34)39-4/h6-7,12-14,19,36H,8-9H2,1-5H3,(H,30,35)(H,32,38)/t19-/m0/s1. The molecule has 1 atom stereocenters. The van der Waals surface area contributed by atoms with Crippen LogP contribution in [0, 0.1) is 23.2 Å². The maximum absolute atomic E-state index is 14.8. The van der Waals surface area contributed by atoms with E-state index in [2.05, 4.69) is 42.0 Å². The molecule has 0 fully saturated rings. The number of amides is 2. The molecule has 210 valence electrons. The normalized spacial score (nSPS) is 11.7. The average molecular weight is 554 g/mol. The minimum absolute atomic E-state index is 0.0699. The van der Waals surface area contributed by atoms with Gasteiger partial charge in [0.05, 0.1) is 25.3 Å². The molecule has 3 rings (SSSR count). The zero-order valence-corrected chi connectivity index (χ0v) is 22.5. The van der Waals surface area contributed by atoms with Gasteiger partial charge in [0, 0.05) is 23.4 Å². The number of anilines is 1. The number of ether oxygens (including phenoxy) is 2. The lowest BCUT2D eigenvalue weighted by molar-refractivity contribution is -0.144. The van der Waals surface area contributed by atoms with Gasteiger partial charge in [-0.2, -0.15) is 0 Å². The molecule has 0 unspecified atom stereocenters. The Morgan fingerprint density at radius 2 is 1.88 bits per heavy atom. The van der Waals surface area contributed by atoms with Crippen molar-refractivity contribution in [2.24, 2.45) is 5.41 Å². The molecular weight excluding hydrogens is 525 g/mol. The first-order valence-corrected chi connectivity index (χ1v) is 12.0. The Labute approximate surface area is 229 Å². The summed E-state index contributed by atoms with van der Waals surface area (Å²) in [5.74, 6) is -0.581. The highest BCUT2D eigenvalue weighted by atomic mass is 19.1. The fourth-order valence-corrected chi connectivity index (χ4v) is 3.29. The van der Waals surface area contributed by atoms with Crippen LogP contribution in [0.4, 0.5) is 10.2 Å². The molecule has 13 heteroatoms. The summed E-state index contributed by atoms with van der Waals surface area (Å²) < 4.78 is 25.0. The Kier molecular flexibility index (Phi) is 9.05. The molecule has 2 heterocycles. The number of benzene rings is 1. The molecule has 2 amide bonds. The van der Waals surface area contributed by atoms with Crippen molar-refractivity contribution >= 4 is 29.6 Å². The summed E-state index contributed by atoms with van der Waals surface area (Å²) in [5.41, 5.74) is -0.612. The fraction of sp³-hybridized carbons (Fsp3) is 0.333. The van der Waals surface area contributed by atoms with Crippen molar-refractivity contribution in [2.45, 2.75) is 39.7 Å². The summed E-state index contributed by atoms with van der Waals surface area (Å²) in [6, 6.07) is 6.36. The van der Waals surface area contributed by atoms with Gasteiger partial charge in [-0.05, 0) is 36.6 Å². The van der Waals surface area contributed by atoms with E-state index in [1.54, 1.807) is 20.8 Å². The molecular formula is C27H28FN5O7. The first-order chi connectivity index (χ1) is 18.8. The minimum Gasteiger partial charge on any atom is -0.493 e. The van der Waals surface area contributed by atoms with E-state index in [-0.39, 0.29) is 53.0 Å². The third-order valence-corrected chi connectivity index (χ3v) is 5.63. The van der Waals surface area contributed by atoms with Gasteiger partial charge in [-0.15, -0.1) is 0 Å². The number of halogens is 1. The second-order valence-electron chi connectivity index (χ2n) is 9.62. The number of hydrogen-bond donors (Lipinski definition) is 3. The summed E-state index contributed by atoms with van der Waals surface area (Å²) in [4.78, 5) is 56.5. The second kappa shape index (κ2) is 12.2.